The van der Waals surface area contributed by atoms with Crippen molar-refractivity contribution in [1.82, 2.24) is 0 Å². The molecule has 0 fully saturated rings. The number of amides is 1. The van der Waals surface area contributed by atoms with Crippen LogP contribution in [0.2, 0.25) is 0 Å². The molecule has 1 atom stereocenters. The van der Waals surface area contributed by atoms with Gasteiger partial charge in [0.2, 0.25) is 5.91 Å². The number of hydrogen-bond acceptors (Lipinski definition) is 4. The van der Waals surface area contributed by atoms with Crippen molar-refractivity contribution in [1.29, 1.82) is 0 Å². The second-order valence-electron chi connectivity index (χ2n) is 6.24. The predicted octanol–water partition coefficient (Wildman–Crippen LogP) is 3.56. The summed E-state index contributed by atoms with van der Waals surface area (Å²) in [7, 11) is 0. The number of hydrogen-bond donors (Lipinski definition) is 1. The molecule has 130 valence electrons. The van der Waals surface area contributed by atoms with Crippen LogP contribution in [0, 0.1) is 0 Å². The average Bonchev–Trinajstić information content (AvgIpc) is 2.61. The van der Waals surface area contributed by atoms with Crippen LogP contribution < -0.4 is 15.0 Å². The van der Waals surface area contributed by atoms with Crippen LogP contribution in [-0.4, -0.2) is 25.0 Å². The molecule has 0 saturated carbocycles. The van der Waals surface area contributed by atoms with Crippen molar-refractivity contribution in [2.24, 2.45) is 0 Å². The topological polar surface area (TPSA) is 58.6 Å². The van der Waals surface area contributed by atoms with Gasteiger partial charge in [-0.25, -0.2) is 4.79 Å². The van der Waals surface area contributed by atoms with Crippen molar-refractivity contribution < 1.29 is 14.3 Å². The van der Waals surface area contributed by atoms with Gasteiger partial charge in [-0.05, 0) is 36.1 Å². The fourth-order valence-electron chi connectivity index (χ4n) is 2.97. The van der Waals surface area contributed by atoms with E-state index in [4.69, 9.17) is 4.74 Å². The molecule has 3 rings (SSSR count). The van der Waals surface area contributed by atoms with E-state index in [0.29, 0.717) is 11.7 Å². The van der Waals surface area contributed by atoms with Crippen LogP contribution >= 0.6 is 0 Å². The smallest absolute Gasteiger partial charge is 0.331 e. The first kappa shape index (κ1) is 17.0. The first-order valence-electron chi connectivity index (χ1n) is 8.52. The highest BCUT2D eigenvalue weighted by Gasteiger charge is 2.25. The molecule has 1 heterocycles. The number of esters is 1. The summed E-state index contributed by atoms with van der Waals surface area (Å²) in [5.74, 6) is 0.348. The second kappa shape index (κ2) is 7.38. The molecule has 1 N–H and O–H groups in total. The van der Waals surface area contributed by atoms with Gasteiger partial charge in [-0.2, -0.15) is 0 Å². The molecule has 2 aromatic rings. The van der Waals surface area contributed by atoms with Gasteiger partial charge in [0.1, 0.15) is 6.54 Å². The van der Waals surface area contributed by atoms with Crippen molar-refractivity contribution in [2.45, 2.75) is 26.2 Å². The molecule has 0 radical (unpaired) electrons. The summed E-state index contributed by atoms with van der Waals surface area (Å²) in [5.41, 5.74) is 2.71. The maximum Gasteiger partial charge on any atom is 0.331 e. The molecule has 5 heteroatoms. The quantitative estimate of drug-likeness (QED) is 0.669. The zero-order valence-electron chi connectivity index (χ0n) is 14.5. The minimum absolute atomic E-state index is 0.0669. The Morgan fingerprint density at radius 3 is 2.72 bits per heavy atom. The molecule has 1 unspecified atom stereocenters. The number of fused-ring (bicyclic) bond motifs is 1. The van der Waals surface area contributed by atoms with E-state index >= 15 is 0 Å². The lowest BCUT2D eigenvalue weighted by Crippen LogP contribution is -2.41. The SMILES string of the molecule is CCC(C)c1ccccc1NC(=O)CN1CC(=O)Oc2ccccc21. The lowest BCUT2D eigenvalue weighted by atomic mass is 9.97. The Balaban J connectivity index is 1.75. The molecule has 0 aliphatic carbocycles. The highest BCUT2D eigenvalue weighted by molar-refractivity contribution is 5.96. The highest BCUT2D eigenvalue weighted by Crippen LogP contribution is 2.31. The van der Waals surface area contributed by atoms with Gasteiger partial charge in [0.15, 0.2) is 5.75 Å². The number of nitrogens with one attached hydrogen (secondary N) is 1. The van der Waals surface area contributed by atoms with Crippen LogP contribution in [0.15, 0.2) is 48.5 Å². The number of nitrogens with zero attached hydrogens (tertiary/aromatic N) is 1. The van der Waals surface area contributed by atoms with Crippen LogP contribution in [0.1, 0.15) is 31.7 Å². The zero-order valence-corrected chi connectivity index (χ0v) is 14.5. The van der Waals surface area contributed by atoms with E-state index in [1.54, 1.807) is 17.0 Å². The molecule has 25 heavy (non-hydrogen) atoms. The number of ether oxygens (including phenoxy) is 1. The van der Waals surface area contributed by atoms with Crippen molar-refractivity contribution in [2.75, 3.05) is 23.3 Å². The number of carbonyl (C=O) groups is 2. The first-order valence-corrected chi connectivity index (χ1v) is 8.52. The number of para-hydroxylation sites is 3. The summed E-state index contributed by atoms with van der Waals surface area (Å²) in [4.78, 5) is 26.1. The molecule has 5 nitrogen and oxygen atoms in total. The van der Waals surface area contributed by atoms with Crippen molar-refractivity contribution in [3.05, 3.63) is 54.1 Å². The third-order valence-corrected chi connectivity index (χ3v) is 4.46. The normalized spacial score (nSPS) is 14.5. The molecule has 0 aromatic heterocycles. The summed E-state index contributed by atoms with van der Waals surface area (Å²) < 4.78 is 5.21. The summed E-state index contributed by atoms with van der Waals surface area (Å²) in [5, 5.41) is 2.99. The van der Waals surface area contributed by atoms with Gasteiger partial charge in [-0.3, -0.25) is 4.79 Å². The first-order chi connectivity index (χ1) is 12.1. The van der Waals surface area contributed by atoms with Gasteiger partial charge in [0, 0.05) is 5.69 Å². The fraction of sp³-hybridized carbons (Fsp3) is 0.300. The average molecular weight is 338 g/mol. The van der Waals surface area contributed by atoms with Crippen LogP contribution in [-0.2, 0) is 9.59 Å². The second-order valence-corrected chi connectivity index (χ2v) is 6.24. The summed E-state index contributed by atoms with van der Waals surface area (Å²) in [6, 6.07) is 15.1. The molecular weight excluding hydrogens is 316 g/mol. The maximum absolute atomic E-state index is 12.6. The maximum atomic E-state index is 12.6. The summed E-state index contributed by atoms with van der Waals surface area (Å²) in [6.07, 6.45) is 0.998. The number of rotatable bonds is 5. The van der Waals surface area contributed by atoms with Gasteiger partial charge in [-0.15, -0.1) is 0 Å². The van der Waals surface area contributed by atoms with E-state index in [1.807, 2.05) is 36.4 Å². The van der Waals surface area contributed by atoms with Gasteiger partial charge in [0.25, 0.3) is 0 Å². The van der Waals surface area contributed by atoms with E-state index in [1.165, 1.54) is 0 Å². The molecule has 1 amide bonds. The van der Waals surface area contributed by atoms with Gasteiger partial charge in [-0.1, -0.05) is 44.2 Å². The predicted molar refractivity (Wildman–Crippen MR) is 98.1 cm³/mol. The van der Waals surface area contributed by atoms with E-state index in [-0.39, 0.29) is 25.0 Å². The number of anilines is 2. The fourth-order valence-corrected chi connectivity index (χ4v) is 2.97. The monoisotopic (exact) mass is 338 g/mol. The van der Waals surface area contributed by atoms with E-state index in [0.717, 1.165) is 23.4 Å². The Kier molecular flexibility index (Phi) is 5.03. The lowest BCUT2D eigenvalue weighted by molar-refractivity contribution is -0.133. The Bertz CT molecular complexity index is 788. The highest BCUT2D eigenvalue weighted by atomic mass is 16.5. The molecule has 0 bridgehead atoms. The van der Waals surface area contributed by atoms with Crippen LogP contribution in [0.4, 0.5) is 11.4 Å². The van der Waals surface area contributed by atoms with Crippen LogP contribution in [0.5, 0.6) is 5.75 Å². The van der Waals surface area contributed by atoms with Crippen LogP contribution in [0.3, 0.4) is 0 Å². The molecule has 0 spiro atoms. The Morgan fingerprint density at radius 1 is 1.20 bits per heavy atom. The van der Waals surface area contributed by atoms with Crippen molar-refractivity contribution in [3.8, 4) is 5.75 Å². The molecule has 1 aliphatic rings. The molecule has 1 aliphatic heterocycles. The molecule has 0 saturated heterocycles. The van der Waals surface area contributed by atoms with Crippen molar-refractivity contribution >= 4 is 23.3 Å². The third kappa shape index (κ3) is 3.82. The van der Waals surface area contributed by atoms with Gasteiger partial charge >= 0.3 is 5.97 Å². The Hall–Kier alpha value is -2.82. The largest absolute Gasteiger partial charge is 0.423 e. The minimum atomic E-state index is -0.355. The van der Waals surface area contributed by atoms with E-state index < -0.39 is 0 Å². The number of benzene rings is 2. The molecular formula is C20H22N2O3. The minimum Gasteiger partial charge on any atom is -0.423 e. The molecule has 2 aromatic carbocycles. The zero-order chi connectivity index (χ0) is 17.8. The summed E-state index contributed by atoms with van der Waals surface area (Å²) >= 11 is 0. The number of carbonyl (C=O) groups excluding carboxylic acids is 2. The third-order valence-electron chi connectivity index (χ3n) is 4.46. The Morgan fingerprint density at radius 2 is 1.92 bits per heavy atom. The lowest BCUT2D eigenvalue weighted by Gasteiger charge is -2.29. The van der Waals surface area contributed by atoms with Gasteiger partial charge in [0.05, 0.1) is 12.2 Å². The summed E-state index contributed by atoms with van der Waals surface area (Å²) in [6.45, 7) is 4.43. The standard InChI is InChI=1S/C20H22N2O3/c1-3-14(2)15-8-4-5-9-16(15)21-19(23)12-22-13-20(24)25-18-11-7-6-10-17(18)22/h4-11,14H,3,12-13H2,1-2H3,(H,21,23). The van der Waals surface area contributed by atoms with E-state index in [9.17, 15) is 9.59 Å². The Labute approximate surface area is 147 Å². The van der Waals surface area contributed by atoms with E-state index in [2.05, 4.69) is 19.2 Å². The van der Waals surface area contributed by atoms with Crippen LogP contribution in [0.25, 0.3) is 0 Å². The van der Waals surface area contributed by atoms with Gasteiger partial charge < -0.3 is 15.0 Å². The van der Waals surface area contributed by atoms with Crippen molar-refractivity contribution in [3.63, 3.8) is 0 Å².